The van der Waals surface area contributed by atoms with E-state index >= 15 is 0 Å². The molecule has 0 spiro atoms. The van der Waals surface area contributed by atoms with Gasteiger partial charge in [-0.2, -0.15) is 4.98 Å². The summed E-state index contributed by atoms with van der Waals surface area (Å²) in [6.07, 6.45) is 4.90. The summed E-state index contributed by atoms with van der Waals surface area (Å²) in [7, 11) is 1.49. The van der Waals surface area contributed by atoms with E-state index in [1.807, 2.05) is 0 Å². The lowest BCUT2D eigenvalue weighted by atomic mass is 9.95. The Hall–Kier alpha value is -2.54. The maximum Gasteiger partial charge on any atom is 0.402 e. The molecule has 2 N–H and O–H groups in total. The van der Waals surface area contributed by atoms with Crippen molar-refractivity contribution in [3.05, 3.63) is 36.0 Å². The molecule has 0 saturated carbocycles. The molecule has 2 aliphatic heterocycles. The van der Waals surface area contributed by atoms with E-state index in [1.165, 1.54) is 19.7 Å². The van der Waals surface area contributed by atoms with E-state index < -0.39 is 0 Å². The van der Waals surface area contributed by atoms with Crippen molar-refractivity contribution >= 4 is 5.91 Å². The summed E-state index contributed by atoms with van der Waals surface area (Å²) >= 11 is 0. The van der Waals surface area contributed by atoms with E-state index in [2.05, 4.69) is 15.6 Å². The molecule has 126 valence electrons. The highest BCUT2D eigenvalue weighted by Crippen LogP contribution is 2.28. The van der Waals surface area contributed by atoms with Crippen molar-refractivity contribution in [2.75, 3.05) is 7.11 Å². The average Bonchev–Trinajstić information content (AvgIpc) is 3.32. The van der Waals surface area contributed by atoms with E-state index in [4.69, 9.17) is 13.9 Å². The van der Waals surface area contributed by atoms with Gasteiger partial charge in [-0.1, -0.05) is 0 Å². The summed E-state index contributed by atoms with van der Waals surface area (Å²) in [5.74, 6) is 0.761. The third kappa shape index (κ3) is 2.94. The number of rotatable bonds is 5. The molecule has 3 atom stereocenters. The van der Waals surface area contributed by atoms with Crippen LogP contribution in [0.25, 0.3) is 0 Å². The Morgan fingerprint density at radius 1 is 1.33 bits per heavy atom. The minimum Gasteiger partial charge on any atom is -0.467 e. The fourth-order valence-electron chi connectivity index (χ4n) is 3.40. The van der Waals surface area contributed by atoms with Crippen LogP contribution in [0.15, 0.2) is 34.9 Å². The largest absolute Gasteiger partial charge is 0.467 e. The van der Waals surface area contributed by atoms with Crippen molar-refractivity contribution in [2.24, 2.45) is 0 Å². The van der Waals surface area contributed by atoms with E-state index in [0.29, 0.717) is 23.4 Å². The van der Waals surface area contributed by atoms with E-state index in [-0.39, 0.29) is 24.0 Å². The molecule has 4 rings (SSSR count). The number of methoxy groups -OCH3 is 1. The second kappa shape index (κ2) is 6.16. The highest BCUT2D eigenvalue weighted by atomic mass is 16.7. The molecule has 2 bridgehead atoms. The highest BCUT2D eigenvalue weighted by Gasteiger charge is 2.39. The van der Waals surface area contributed by atoms with Gasteiger partial charge < -0.3 is 24.5 Å². The van der Waals surface area contributed by atoms with Gasteiger partial charge >= 0.3 is 12.0 Å². The Kier molecular flexibility index (Phi) is 3.86. The number of oxazole rings is 1. The zero-order valence-electron chi connectivity index (χ0n) is 13.3. The van der Waals surface area contributed by atoms with E-state index in [9.17, 15) is 4.79 Å². The van der Waals surface area contributed by atoms with Crippen LogP contribution in [0.4, 0.5) is 0 Å². The first-order chi connectivity index (χ1) is 11.7. The smallest absolute Gasteiger partial charge is 0.402 e. The molecule has 7 heteroatoms. The van der Waals surface area contributed by atoms with Crippen molar-refractivity contribution in [1.82, 2.24) is 15.6 Å². The van der Waals surface area contributed by atoms with Crippen molar-refractivity contribution in [1.29, 1.82) is 0 Å². The Bertz CT molecular complexity index is 728. The fraction of sp³-hybridized carbons (Fsp3) is 0.412. The molecule has 1 aromatic carbocycles. The SMILES string of the molecule is COc1cnc(Oc2ccc(C(=O)N[C@@H]3C[C@H]4CC[C@@H]3N4)cc2)o1. The van der Waals surface area contributed by atoms with Gasteiger partial charge in [0.15, 0.2) is 0 Å². The van der Waals surface area contributed by atoms with Crippen molar-refractivity contribution < 1.29 is 18.7 Å². The van der Waals surface area contributed by atoms with Crippen molar-refractivity contribution in [3.8, 4) is 17.8 Å². The van der Waals surface area contributed by atoms with Crippen LogP contribution in [0, 0.1) is 0 Å². The lowest BCUT2D eigenvalue weighted by molar-refractivity contribution is 0.0931. The van der Waals surface area contributed by atoms with Gasteiger partial charge in [-0.15, -0.1) is 0 Å². The average molecular weight is 329 g/mol. The van der Waals surface area contributed by atoms with E-state index in [1.54, 1.807) is 24.3 Å². The minimum atomic E-state index is -0.0568. The van der Waals surface area contributed by atoms with Crippen LogP contribution in [-0.2, 0) is 0 Å². The summed E-state index contributed by atoms with van der Waals surface area (Å²) in [5, 5.41) is 6.63. The molecule has 0 unspecified atom stereocenters. The molecule has 7 nitrogen and oxygen atoms in total. The van der Waals surface area contributed by atoms with Crippen molar-refractivity contribution in [2.45, 2.75) is 37.4 Å². The lowest BCUT2D eigenvalue weighted by Gasteiger charge is -2.21. The monoisotopic (exact) mass is 329 g/mol. The maximum atomic E-state index is 12.4. The Balaban J connectivity index is 1.37. The highest BCUT2D eigenvalue weighted by molar-refractivity contribution is 5.94. The molecule has 2 aliphatic rings. The lowest BCUT2D eigenvalue weighted by Crippen LogP contribution is -2.42. The Labute approximate surface area is 139 Å². The van der Waals surface area contributed by atoms with Gasteiger partial charge in [0.1, 0.15) is 11.9 Å². The molecule has 3 heterocycles. The third-order valence-electron chi connectivity index (χ3n) is 4.60. The Morgan fingerprint density at radius 2 is 2.17 bits per heavy atom. The first-order valence-electron chi connectivity index (χ1n) is 8.06. The summed E-state index contributed by atoms with van der Waals surface area (Å²) in [6.45, 7) is 0. The molecule has 0 radical (unpaired) electrons. The molecule has 2 aromatic rings. The zero-order chi connectivity index (χ0) is 16.5. The molecular weight excluding hydrogens is 310 g/mol. The number of hydrogen-bond donors (Lipinski definition) is 2. The molecule has 1 amide bonds. The number of amides is 1. The predicted molar refractivity (Wildman–Crippen MR) is 85.4 cm³/mol. The summed E-state index contributed by atoms with van der Waals surface area (Å²) in [6, 6.07) is 8.09. The molecule has 0 aliphatic carbocycles. The van der Waals surface area contributed by atoms with Gasteiger partial charge in [-0.3, -0.25) is 4.79 Å². The normalized spacial score (nSPS) is 24.8. The number of hydrogen-bond acceptors (Lipinski definition) is 6. The van der Waals surface area contributed by atoms with Crippen LogP contribution in [0.5, 0.6) is 17.8 Å². The number of carbonyl (C=O) groups excluding carboxylic acids is 1. The Morgan fingerprint density at radius 3 is 2.79 bits per heavy atom. The summed E-state index contributed by atoms with van der Waals surface area (Å²) in [5.41, 5.74) is 0.607. The zero-order valence-corrected chi connectivity index (χ0v) is 13.3. The van der Waals surface area contributed by atoms with Crippen LogP contribution in [0.2, 0.25) is 0 Å². The number of ether oxygens (including phenoxy) is 2. The second-order valence-electron chi connectivity index (χ2n) is 6.14. The van der Waals surface area contributed by atoms with Crippen LogP contribution in [0.1, 0.15) is 29.6 Å². The molecule has 2 fully saturated rings. The first kappa shape index (κ1) is 15.0. The van der Waals surface area contributed by atoms with Gasteiger partial charge in [0.2, 0.25) is 0 Å². The number of aromatic nitrogens is 1. The number of carbonyl (C=O) groups is 1. The van der Waals surface area contributed by atoms with Gasteiger partial charge in [-0.05, 0) is 43.5 Å². The van der Waals surface area contributed by atoms with Crippen LogP contribution < -0.4 is 20.1 Å². The molecular formula is C17H19N3O4. The van der Waals surface area contributed by atoms with Gasteiger partial charge in [0, 0.05) is 23.7 Å². The minimum absolute atomic E-state index is 0.0568. The molecule has 24 heavy (non-hydrogen) atoms. The number of benzene rings is 1. The predicted octanol–water partition coefficient (Wildman–Crippen LogP) is 2.10. The molecule has 2 saturated heterocycles. The number of fused-ring (bicyclic) bond motifs is 2. The van der Waals surface area contributed by atoms with Gasteiger partial charge in [0.25, 0.3) is 5.91 Å². The van der Waals surface area contributed by atoms with E-state index in [0.717, 1.165) is 12.8 Å². The molecule has 1 aromatic heterocycles. The summed E-state index contributed by atoms with van der Waals surface area (Å²) < 4.78 is 15.6. The standard InChI is InChI=1S/C17H19N3O4/c1-22-15-9-18-17(24-15)23-12-5-2-10(3-6-12)16(21)20-14-8-11-4-7-13(14)19-11/h2-3,5-6,9,11,13-14,19H,4,7-8H2,1H3,(H,20,21)/t11-,13+,14-/m1/s1. The third-order valence-corrected chi connectivity index (χ3v) is 4.60. The number of nitrogens with one attached hydrogen (secondary N) is 2. The summed E-state index contributed by atoms with van der Waals surface area (Å²) in [4.78, 5) is 16.3. The van der Waals surface area contributed by atoms with Crippen LogP contribution in [-0.4, -0.2) is 36.1 Å². The quantitative estimate of drug-likeness (QED) is 0.874. The van der Waals surface area contributed by atoms with Crippen molar-refractivity contribution in [3.63, 3.8) is 0 Å². The van der Waals surface area contributed by atoms with Gasteiger partial charge in [0.05, 0.1) is 7.11 Å². The van der Waals surface area contributed by atoms with Gasteiger partial charge in [-0.25, -0.2) is 0 Å². The van der Waals surface area contributed by atoms with Crippen LogP contribution in [0.3, 0.4) is 0 Å². The van der Waals surface area contributed by atoms with Crippen LogP contribution >= 0.6 is 0 Å². The topological polar surface area (TPSA) is 85.6 Å². The number of nitrogens with zero attached hydrogens (tertiary/aromatic N) is 1. The first-order valence-corrected chi connectivity index (χ1v) is 8.06. The fourth-order valence-corrected chi connectivity index (χ4v) is 3.40. The second-order valence-corrected chi connectivity index (χ2v) is 6.14. The maximum absolute atomic E-state index is 12.4.